The van der Waals surface area contributed by atoms with Crippen molar-refractivity contribution in [1.29, 1.82) is 0 Å². The fourth-order valence-electron chi connectivity index (χ4n) is 5.58. The molecular weight excluding hydrogens is 527 g/mol. The molecule has 40 heavy (non-hydrogen) atoms. The summed E-state index contributed by atoms with van der Waals surface area (Å²) in [5.74, 6) is 0.700. The van der Waals surface area contributed by atoms with Gasteiger partial charge in [0.15, 0.2) is 0 Å². The van der Waals surface area contributed by atoms with Crippen molar-refractivity contribution in [2.45, 2.75) is 53.5 Å². The van der Waals surface area contributed by atoms with E-state index in [4.69, 9.17) is 11.6 Å². The second-order valence-electron chi connectivity index (χ2n) is 10.6. The van der Waals surface area contributed by atoms with Crippen LogP contribution in [0.4, 0.5) is 4.39 Å². The maximum absolute atomic E-state index is 14.3. The molecule has 0 bridgehead atoms. The van der Waals surface area contributed by atoms with Crippen molar-refractivity contribution in [3.05, 3.63) is 86.9 Å². The van der Waals surface area contributed by atoms with Crippen LogP contribution < -0.4 is 5.69 Å². The zero-order valence-electron chi connectivity index (χ0n) is 23.4. The van der Waals surface area contributed by atoms with Crippen LogP contribution >= 0.6 is 11.6 Å². The normalized spacial score (nSPS) is 16.9. The third kappa shape index (κ3) is 5.78. The van der Waals surface area contributed by atoms with Crippen molar-refractivity contribution >= 4 is 29.0 Å². The van der Waals surface area contributed by atoms with E-state index in [0.29, 0.717) is 35.0 Å². The Balaban J connectivity index is 1.58. The Morgan fingerprint density at radius 3 is 2.80 bits per heavy atom. The number of aromatic nitrogens is 3. The summed E-state index contributed by atoms with van der Waals surface area (Å²) in [4.78, 5) is 20.6. The third-order valence-corrected chi connectivity index (χ3v) is 7.62. The van der Waals surface area contributed by atoms with Gasteiger partial charge in [0.1, 0.15) is 16.8 Å². The molecule has 1 aromatic carbocycles. The van der Waals surface area contributed by atoms with Gasteiger partial charge < -0.3 is 0 Å². The van der Waals surface area contributed by atoms with Crippen molar-refractivity contribution in [3.63, 3.8) is 0 Å². The highest BCUT2D eigenvalue weighted by Crippen LogP contribution is 2.30. The molecule has 4 heterocycles. The van der Waals surface area contributed by atoms with Crippen LogP contribution in [0.1, 0.15) is 56.7 Å². The number of imidazole rings is 1. The number of rotatable bonds is 7. The summed E-state index contributed by atoms with van der Waals surface area (Å²) in [7, 11) is 0. The molecule has 4 aromatic rings. The van der Waals surface area contributed by atoms with Crippen molar-refractivity contribution in [2.75, 3.05) is 13.1 Å². The van der Waals surface area contributed by atoms with Crippen molar-refractivity contribution in [3.8, 4) is 16.9 Å². The van der Waals surface area contributed by atoms with Gasteiger partial charge in [0, 0.05) is 37.3 Å². The van der Waals surface area contributed by atoms with Gasteiger partial charge >= 0.3 is 5.69 Å². The summed E-state index contributed by atoms with van der Waals surface area (Å²) in [6, 6.07) is 10.2. The minimum Gasteiger partial charge on any atom is -0.299 e. The maximum atomic E-state index is 14.3. The second kappa shape index (κ2) is 11.9. The van der Waals surface area contributed by atoms with E-state index in [1.54, 1.807) is 41.9 Å². The number of halogens is 2. The van der Waals surface area contributed by atoms with E-state index >= 15 is 0 Å². The number of fused-ring (bicyclic) bond motifs is 1. The first-order valence-electron chi connectivity index (χ1n) is 13.8. The van der Waals surface area contributed by atoms with Crippen LogP contribution in [0.2, 0.25) is 5.15 Å². The Kier molecular flexibility index (Phi) is 8.28. The average molecular weight is 561 g/mol. The first-order valence-corrected chi connectivity index (χ1v) is 14.1. The van der Waals surface area contributed by atoms with Gasteiger partial charge in [0.05, 0.1) is 11.2 Å². The molecule has 1 atom stereocenters. The molecule has 0 saturated carbocycles. The van der Waals surface area contributed by atoms with Gasteiger partial charge in [0.25, 0.3) is 0 Å². The standard InChI is InChI=1S/C31H34ClFN6O/c1-5-27(36-34-6-2)26-15-24(33)9-10-25(26)23-13-29(32)35-30(14-23)39-19-28-21(4)12-22(18-38(28)31(39)40)17-37-11-7-8-20(3)16-37/h6,9-10,12-15,18-20H,5,7-8,11,16-17H2,1-4H3/b34-6-,36-27+/t20-/m0/s1. The zero-order valence-corrected chi connectivity index (χ0v) is 24.1. The first-order chi connectivity index (χ1) is 19.3. The molecule has 0 N–H and O–H groups in total. The van der Waals surface area contributed by atoms with Crippen molar-refractivity contribution in [1.82, 2.24) is 18.9 Å². The average Bonchev–Trinajstić information content (AvgIpc) is 3.25. The van der Waals surface area contributed by atoms with Gasteiger partial charge in [-0.25, -0.2) is 14.2 Å². The highest BCUT2D eigenvalue weighted by atomic mass is 35.5. The predicted molar refractivity (Wildman–Crippen MR) is 161 cm³/mol. The summed E-state index contributed by atoms with van der Waals surface area (Å²) in [6.45, 7) is 11.0. The Morgan fingerprint density at radius 2 is 2.05 bits per heavy atom. The molecule has 0 unspecified atom stereocenters. The van der Waals surface area contributed by atoms with Crippen LogP contribution in [-0.2, 0) is 6.54 Å². The van der Waals surface area contributed by atoms with Gasteiger partial charge in [0.2, 0.25) is 0 Å². The van der Waals surface area contributed by atoms with Gasteiger partial charge in [-0.15, -0.1) is 0 Å². The lowest BCUT2D eigenvalue weighted by molar-refractivity contribution is 0.176. The number of pyridine rings is 2. The lowest BCUT2D eigenvalue weighted by atomic mass is 9.96. The second-order valence-corrected chi connectivity index (χ2v) is 10.9. The lowest BCUT2D eigenvalue weighted by Gasteiger charge is -2.30. The molecule has 0 aliphatic carbocycles. The number of aryl methyl sites for hydroxylation is 1. The minimum absolute atomic E-state index is 0.222. The molecular formula is C31H34ClFN6O. The van der Waals surface area contributed by atoms with E-state index in [-0.39, 0.29) is 16.7 Å². The summed E-state index contributed by atoms with van der Waals surface area (Å²) in [5.41, 5.74) is 5.39. The van der Waals surface area contributed by atoms with Gasteiger partial charge in [-0.3, -0.25) is 13.9 Å². The molecule has 7 nitrogen and oxygen atoms in total. The molecule has 0 spiro atoms. The van der Waals surface area contributed by atoms with Crippen LogP contribution in [0.15, 0.2) is 63.8 Å². The van der Waals surface area contributed by atoms with E-state index < -0.39 is 0 Å². The summed E-state index contributed by atoms with van der Waals surface area (Å²) < 4.78 is 17.5. The van der Waals surface area contributed by atoms with E-state index in [0.717, 1.165) is 41.8 Å². The number of benzene rings is 1. The molecule has 208 valence electrons. The Morgan fingerprint density at radius 1 is 1.23 bits per heavy atom. The van der Waals surface area contributed by atoms with Gasteiger partial charge in [-0.1, -0.05) is 37.6 Å². The first kappa shape index (κ1) is 27.9. The van der Waals surface area contributed by atoms with Gasteiger partial charge in [-0.05, 0) is 92.1 Å². The van der Waals surface area contributed by atoms with E-state index in [1.807, 2.05) is 20.0 Å². The van der Waals surface area contributed by atoms with Crippen molar-refractivity contribution in [2.24, 2.45) is 16.1 Å². The maximum Gasteiger partial charge on any atom is 0.338 e. The minimum atomic E-state index is -0.374. The van der Waals surface area contributed by atoms with Crippen LogP contribution in [-0.4, -0.2) is 43.9 Å². The molecule has 1 saturated heterocycles. The SMILES string of the molecule is C/C=N\N=C(/CC)c1cc(F)ccc1-c1cc(Cl)nc(-n2cc3c(C)cc(CN4CCC[C@H](C)C4)cn3c2=O)c1. The predicted octanol–water partition coefficient (Wildman–Crippen LogP) is 6.69. The van der Waals surface area contributed by atoms with E-state index in [1.165, 1.54) is 29.5 Å². The molecule has 0 amide bonds. The highest BCUT2D eigenvalue weighted by Gasteiger charge is 2.19. The largest absolute Gasteiger partial charge is 0.338 e. The highest BCUT2D eigenvalue weighted by molar-refractivity contribution is 6.29. The molecule has 1 aliphatic rings. The molecule has 3 aromatic heterocycles. The van der Waals surface area contributed by atoms with Crippen molar-refractivity contribution < 1.29 is 4.39 Å². The zero-order chi connectivity index (χ0) is 28.4. The molecule has 1 fully saturated rings. The third-order valence-electron chi connectivity index (χ3n) is 7.43. The quantitative estimate of drug-likeness (QED) is 0.144. The van der Waals surface area contributed by atoms with Gasteiger partial charge in [-0.2, -0.15) is 10.2 Å². The number of hydrogen-bond acceptors (Lipinski definition) is 5. The van der Waals surface area contributed by atoms with E-state index in [9.17, 15) is 9.18 Å². The molecule has 9 heteroatoms. The Hall–Kier alpha value is -3.62. The number of piperidine rings is 1. The van der Waals surface area contributed by atoms with Crippen LogP contribution in [0.3, 0.4) is 0 Å². The summed E-state index contributed by atoms with van der Waals surface area (Å²) in [5, 5.41) is 8.51. The van der Waals surface area contributed by atoms with Crippen LogP contribution in [0.5, 0.6) is 0 Å². The fraction of sp³-hybridized carbons (Fsp3) is 0.355. The summed E-state index contributed by atoms with van der Waals surface area (Å²) in [6.07, 6.45) is 8.34. The molecule has 5 rings (SSSR count). The molecule has 0 radical (unpaired) electrons. The topological polar surface area (TPSA) is 67.3 Å². The number of likely N-dealkylation sites (tertiary alicyclic amines) is 1. The Labute approximate surface area is 238 Å². The lowest BCUT2D eigenvalue weighted by Crippen LogP contribution is -2.33. The van der Waals surface area contributed by atoms with Crippen LogP contribution in [0, 0.1) is 18.7 Å². The number of hydrogen-bond donors (Lipinski definition) is 0. The van der Waals surface area contributed by atoms with Crippen LogP contribution in [0.25, 0.3) is 22.5 Å². The Bertz CT molecular complexity index is 1670. The summed E-state index contributed by atoms with van der Waals surface area (Å²) >= 11 is 6.49. The monoisotopic (exact) mass is 560 g/mol. The van der Waals surface area contributed by atoms with E-state index in [2.05, 4.69) is 33.1 Å². The smallest absolute Gasteiger partial charge is 0.299 e. The number of nitrogens with zero attached hydrogens (tertiary/aromatic N) is 6. The fourth-order valence-corrected chi connectivity index (χ4v) is 5.79. The molecule has 1 aliphatic heterocycles.